The maximum atomic E-state index is 13.2. The van der Waals surface area contributed by atoms with Gasteiger partial charge in [-0.1, -0.05) is 30.3 Å². The summed E-state index contributed by atoms with van der Waals surface area (Å²) >= 11 is 0. The number of amides is 1. The molecule has 2 aromatic carbocycles. The van der Waals surface area contributed by atoms with Crippen LogP contribution in [0.5, 0.6) is 0 Å². The minimum absolute atomic E-state index is 0.0341. The number of halogens is 1. The first-order chi connectivity index (χ1) is 13.4. The fourth-order valence-corrected chi connectivity index (χ4v) is 2.97. The van der Waals surface area contributed by atoms with Crippen LogP contribution < -0.4 is 5.32 Å². The standard InChI is InChI=1S/C21H20FN3O3/c1-13-17(20(25-24-13)15-7-9-16(22)10-8-15)12-19(26)23-18(21(27)28)11-14-5-3-2-4-6-14/h2-10,18H,11-12H2,1H3,(H,23,26)(H,24,25)(H,27,28). The van der Waals surface area contributed by atoms with Crippen LogP contribution in [0.15, 0.2) is 54.6 Å². The molecule has 28 heavy (non-hydrogen) atoms. The van der Waals surface area contributed by atoms with Crippen molar-refractivity contribution < 1.29 is 19.1 Å². The highest BCUT2D eigenvalue weighted by Crippen LogP contribution is 2.24. The van der Waals surface area contributed by atoms with Gasteiger partial charge >= 0.3 is 5.97 Å². The molecule has 1 heterocycles. The molecule has 0 aliphatic rings. The van der Waals surface area contributed by atoms with Crippen molar-refractivity contribution in [2.45, 2.75) is 25.8 Å². The summed E-state index contributed by atoms with van der Waals surface area (Å²) < 4.78 is 13.2. The predicted molar refractivity (Wildman–Crippen MR) is 102 cm³/mol. The van der Waals surface area contributed by atoms with E-state index < -0.39 is 17.9 Å². The molecule has 0 aliphatic heterocycles. The maximum absolute atomic E-state index is 13.2. The summed E-state index contributed by atoms with van der Waals surface area (Å²) in [5.41, 5.74) is 3.38. The molecule has 0 saturated heterocycles. The van der Waals surface area contributed by atoms with Gasteiger partial charge in [0.1, 0.15) is 11.9 Å². The highest BCUT2D eigenvalue weighted by atomic mass is 19.1. The summed E-state index contributed by atoms with van der Waals surface area (Å²) in [4.78, 5) is 24.1. The van der Waals surface area contributed by atoms with Crippen molar-refractivity contribution in [1.82, 2.24) is 15.5 Å². The fraction of sp³-hybridized carbons (Fsp3) is 0.190. The van der Waals surface area contributed by atoms with Gasteiger partial charge in [0.05, 0.1) is 12.1 Å². The largest absolute Gasteiger partial charge is 0.480 e. The van der Waals surface area contributed by atoms with Crippen molar-refractivity contribution in [2.24, 2.45) is 0 Å². The number of H-pyrrole nitrogens is 1. The number of aryl methyl sites for hydroxylation is 1. The molecule has 0 spiro atoms. The van der Waals surface area contributed by atoms with Gasteiger partial charge in [-0.3, -0.25) is 9.89 Å². The molecule has 1 amide bonds. The first-order valence-electron chi connectivity index (χ1n) is 8.80. The molecule has 1 atom stereocenters. The summed E-state index contributed by atoms with van der Waals surface area (Å²) in [7, 11) is 0. The van der Waals surface area contributed by atoms with Crippen molar-refractivity contribution in [1.29, 1.82) is 0 Å². The highest BCUT2D eigenvalue weighted by molar-refractivity contribution is 5.86. The van der Waals surface area contributed by atoms with E-state index >= 15 is 0 Å². The molecule has 0 radical (unpaired) electrons. The van der Waals surface area contributed by atoms with Gasteiger partial charge in [-0.25, -0.2) is 9.18 Å². The minimum Gasteiger partial charge on any atom is -0.480 e. The number of aromatic amines is 1. The van der Waals surface area contributed by atoms with Gasteiger partial charge in [-0.15, -0.1) is 0 Å². The van der Waals surface area contributed by atoms with Crippen LogP contribution in [-0.2, 0) is 22.4 Å². The van der Waals surface area contributed by atoms with E-state index in [9.17, 15) is 19.1 Å². The number of hydrogen-bond acceptors (Lipinski definition) is 3. The number of aromatic nitrogens is 2. The molecule has 3 rings (SSSR count). The number of rotatable bonds is 7. The van der Waals surface area contributed by atoms with Crippen molar-refractivity contribution >= 4 is 11.9 Å². The molecule has 7 heteroatoms. The second-order valence-corrected chi connectivity index (χ2v) is 6.51. The van der Waals surface area contributed by atoms with Gasteiger partial charge in [-0.05, 0) is 36.8 Å². The first-order valence-corrected chi connectivity index (χ1v) is 8.80. The number of carboxylic acid groups (broad SMARTS) is 1. The van der Waals surface area contributed by atoms with Gasteiger partial charge < -0.3 is 10.4 Å². The Balaban J connectivity index is 1.74. The third-order valence-corrected chi connectivity index (χ3v) is 4.44. The zero-order valence-electron chi connectivity index (χ0n) is 15.3. The van der Waals surface area contributed by atoms with Crippen LogP contribution in [0.25, 0.3) is 11.3 Å². The lowest BCUT2D eigenvalue weighted by Gasteiger charge is -2.15. The molecular formula is C21H20FN3O3. The SMILES string of the molecule is Cc1[nH]nc(-c2ccc(F)cc2)c1CC(=O)NC(Cc1ccccc1)C(=O)O. The Morgan fingerprint density at radius 2 is 1.82 bits per heavy atom. The topological polar surface area (TPSA) is 95.1 Å². The zero-order valence-corrected chi connectivity index (χ0v) is 15.3. The average Bonchev–Trinajstić information content (AvgIpc) is 3.03. The third kappa shape index (κ3) is 4.62. The summed E-state index contributed by atoms with van der Waals surface area (Å²) in [6.45, 7) is 1.78. The zero-order chi connectivity index (χ0) is 20.1. The second-order valence-electron chi connectivity index (χ2n) is 6.51. The minimum atomic E-state index is -1.10. The van der Waals surface area contributed by atoms with Crippen LogP contribution in [0.1, 0.15) is 16.8 Å². The van der Waals surface area contributed by atoms with Crippen molar-refractivity contribution in [3.05, 3.63) is 77.2 Å². The van der Waals surface area contributed by atoms with E-state index in [-0.39, 0.29) is 18.7 Å². The number of benzene rings is 2. The molecule has 3 aromatic rings. The quantitative estimate of drug-likeness (QED) is 0.586. The average molecular weight is 381 g/mol. The van der Waals surface area contributed by atoms with Gasteiger partial charge in [0.15, 0.2) is 0 Å². The number of hydrogen-bond donors (Lipinski definition) is 3. The lowest BCUT2D eigenvalue weighted by molar-refractivity contribution is -0.141. The molecular weight excluding hydrogens is 361 g/mol. The molecule has 1 aromatic heterocycles. The maximum Gasteiger partial charge on any atom is 0.326 e. The normalized spacial score (nSPS) is 11.8. The molecule has 144 valence electrons. The van der Waals surface area contributed by atoms with E-state index in [1.807, 2.05) is 30.3 Å². The summed E-state index contributed by atoms with van der Waals surface area (Å²) in [5.74, 6) is -1.88. The Hall–Kier alpha value is -3.48. The third-order valence-electron chi connectivity index (χ3n) is 4.44. The number of carboxylic acids is 1. The Morgan fingerprint density at radius 3 is 2.46 bits per heavy atom. The fourth-order valence-electron chi connectivity index (χ4n) is 2.97. The van der Waals surface area contributed by atoms with Gasteiger partial charge in [0.25, 0.3) is 0 Å². The second kappa shape index (κ2) is 8.47. The van der Waals surface area contributed by atoms with Crippen LogP contribution in [0, 0.1) is 12.7 Å². The van der Waals surface area contributed by atoms with E-state index in [1.165, 1.54) is 12.1 Å². The smallest absolute Gasteiger partial charge is 0.326 e. The van der Waals surface area contributed by atoms with Crippen molar-refractivity contribution in [2.75, 3.05) is 0 Å². The molecule has 0 fully saturated rings. The van der Waals surface area contributed by atoms with Crippen LogP contribution in [0.3, 0.4) is 0 Å². The molecule has 6 nitrogen and oxygen atoms in total. The number of nitrogens with zero attached hydrogens (tertiary/aromatic N) is 1. The van der Waals surface area contributed by atoms with Gasteiger partial charge in [-0.2, -0.15) is 5.10 Å². The number of aliphatic carboxylic acids is 1. The first kappa shape index (κ1) is 19.3. The van der Waals surface area contributed by atoms with E-state index in [0.717, 1.165) is 5.56 Å². The summed E-state index contributed by atoms with van der Waals surface area (Å²) in [5, 5.41) is 19.1. The van der Waals surface area contributed by atoms with Crippen LogP contribution in [0.2, 0.25) is 0 Å². The van der Waals surface area contributed by atoms with E-state index in [0.29, 0.717) is 22.5 Å². The Labute approximate surface area is 161 Å². The monoisotopic (exact) mass is 381 g/mol. The number of nitrogens with one attached hydrogen (secondary N) is 2. The molecule has 1 unspecified atom stereocenters. The highest BCUT2D eigenvalue weighted by Gasteiger charge is 2.22. The Kier molecular flexibility index (Phi) is 5.84. The summed E-state index contributed by atoms with van der Waals surface area (Å²) in [6.07, 6.45) is 0.157. The number of carbonyl (C=O) groups is 2. The van der Waals surface area contributed by atoms with E-state index in [4.69, 9.17) is 0 Å². The molecule has 0 aliphatic carbocycles. The van der Waals surface area contributed by atoms with Crippen LogP contribution in [-0.4, -0.2) is 33.2 Å². The van der Waals surface area contributed by atoms with E-state index in [2.05, 4.69) is 15.5 Å². The lowest BCUT2D eigenvalue weighted by atomic mass is 10.0. The molecule has 0 bridgehead atoms. The number of carbonyl (C=O) groups excluding carboxylic acids is 1. The van der Waals surface area contributed by atoms with Gasteiger partial charge in [0, 0.05) is 23.2 Å². The Morgan fingerprint density at radius 1 is 1.14 bits per heavy atom. The lowest BCUT2D eigenvalue weighted by Crippen LogP contribution is -2.43. The van der Waals surface area contributed by atoms with Crippen LogP contribution in [0.4, 0.5) is 4.39 Å². The van der Waals surface area contributed by atoms with Crippen LogP contribution >= 0.6 is 0 Å². The Bertz CT molecular complexity index is 968. The molecule has 3 N–H and O–H groups in total. The predicted octanol–water partition coefficient (Wildman–Crippen LogP) is 2.88. The molecule has 0 saturated carbocycles. The van der Waals surface area contributed by atoms with Crippen molar-refractivity contribution in [3.63, 3.8) is 0 Å². The van der Waals surface area contributed by atoms with E-state index in [1.54, 1.807) is 19.1 Å². The van der Waals surface area contributed by atoms with Crippen molar-refractivity contribution in [3.8, 4) is 11.3 Å². The summed E-state index contributed by atoms with van der Waals surface area (Å²) in [6, 6.07) is 13.9. The van der Waals surface area contributed by atoms with Gasteiger partial charge in [0.2, 0.25) is 5.91 Å².